The number of halogens is 1. The van der Waals surface area contributed by atoms with E-state index in [2.05, 4.69) is 91.5 Å². The molecule has 3 nitrogen and oxygen atoms in total. The van der Waals surface area contributed by atoms with Crippen molar-refractivity contribution in [1.29, 1.82) is 0 Å². The monoisotopic (exact) mass is 487 g/mol. The summed E-state index contributed by atoms with van der Waals surface area (Å²) in [7, 11) is 2.08. The van der Waals surface area contributed by atoms with Crippen molar-refractivity contribution < 1.29 is 4.39 Å². The van der Waals surface area contributed by atoms with Gasteiger partial charge < -0.3 is 10.3 Å². The van der Waals surface area contributed by atoms with Crippen molar-refractivity contribution in [2.24, 2.45) is 17.8 Å². The van der Waals surface area contributed by atoms with Crippen molar-refractivity contribution in [2.75, 3.05) is 25.7 Å². The van der Waals surface area contributed by atoms with Gasteiger partial charge in [0.1, 0.15) is 5.82 Å². The minimum absolute atomic E-state index is 0.0960. The number of benzene rings is 2. The zero-order valence-electron chi connectivity index (χ0n) is 22.4. The van der Waals surface area contributed by atoms with Gasteiger partial charge in [-0.05, 0) is 72.8 Å². The van der Waals surface area contributed by atoms with E-state index in [-0.39, 0.29) is 5.82 Å². The summed E-state index contributed by atoms with van der Waals surface area (Å²) < 4.78 is 15.6. The maximum atomic E-state index is 15.6. The Labute approximate surface area is 217 Å². The van der Waals surface area contributed by atoms with Gasteiger partial charge in [0.05, 0.1) is 6.67 Å². The number of aryl methyl sites for hydroxylation is 1. The lowest BCUT2D eigenvalue weighted by atomic mass is 9.90. The van der Waals surface area contributed by atoms with E-state index in [4.69, 9.17) is 0 Å². The molecule has 1 atom stereocenters. The third kappa shape index (κ3) is 7.10. The minimum atomic E-state index is -0.0960. The molecule has 1 fully saturated rings. The molecule has 2 aliphatic rings. The highest BCUT2D eigenvalue weighted by Crippen LogP contribution is 2.37. The molecule has 1 aliphatic carbocycles. The molecule has 2 aromatic carbocycles. The van der Waals surface area contributed by atoms with Crippen molar-refractivity contribution >= 4 is 17.3 Å². The molecule has 0 saturated heterocycles. The quantitative estimate of drug-likeness (QED) is 0.408. The summed E-state index contributed by atoms with van der Waals surface area (Å²) in [4.78, 5) is 2.17. The number of anilines is 1. The van der Waals surface area contributed by atoms with Gasteiger partial charge in [-0.2, -0.15) is 0 Å². The van der Waals surface area contributed by atoms with Crippen molar-refractivity contribution in [3.63, 3.8) is 0 Å². The van der Waals surface area contributed by atoms with Crippen LogP contribution in [0.3, 0.4) is 0 Å². The summed E-state index contributed by atoms with van der Waals surface area (Å²) in [5.74, 6) is 1.78. The van der Waals surface area contributed by atoms with E-state index < -0.39 is 0 Å². The van der Waals surface area contributed by atoms with Gasteiger partial charge >= 0.3 is 0 Å². The highest BCUT2D eigenvalue weighted by molar-refractivity contribution is 5.77. The molecule has 0 bridgehead atoms. The smallest absolute Gasteiger partial charge is 0.134 e. The predicted molar refractivity (Wildman–Crippen MR) is 152 cm³/mol. The van der Waals surface area contributed by atoms with Gasteiger partial charge in [0, 0.05) is 36.6 Å². The van der Waals surface area contributed by atoms with Crippen LogP contribution in [0.1, 0.15) is 61.8 Å². The predicted octanol–water partition coefficient (Wildman–Crippen LogP) is 7.91. The molecule has 1 N–H and O–H groups in total. The van der Waals surface area contributed by atoms with Crippen LogP contribution in [-0.2, 0) is 6.42 Å². The molecule has 192 valence electrons. The van der Waals surface area contributed by atoms with Crippen molar-refractivity contribution in [3.8, 4) is 0 Å². The first kappa shape index (κ1) is 26.2. The van der Waals surface area contributed by atoms with Gasteiger partial charge in [0.2, 0.25) is 0 Å². The van der Waals surface area contributed by atoms with Crippen LogP contribution >= 0.6 is 0 Å². The molecule has 0 radical (unpaired) electrons. The molecule has 0 aromatic heterocycles. The first-order valence-corrected chi connectivity index (χ1v) is 13.4. The summed E-state index contributed by atoms with van der Waals surface area (Å²) >= 11 is 0. The maximum absolute atomic E-state index is 15.6. The summed E-state index contributed by atoms with van der Waals surface area (Å²) in [6.07, 6.45) is 14.2. The molecular weight excluding hydrogens is 445 g/mol. The Balaban J connectivity index is 1.65. The van der Waals surface area contributed by atoms with Gasteiger partial charge in [0.15, 0.2) is 0 Å². The lowest BCUT2D eigenvalue weighted by Gasteiger charge is -2.32. The van der Waals surface area contributed by atoms with Crippen LogP contribution < -0.4 is 5.43 Å². The van der Waals surface area contributed by atoms with E-state index in [1.54, 1.807) is 0 Å². The van der Waals surface area contributed by atoms with E-state index in [9.17, 15) is 0 Å². The minimum Gasteiger partial charge on any atom is -0.365 e. The molecule has 4 heteroatoms. The zero-order chi connectivity index (χ0) is 25.7. The van der Waals surface area contributed by atoms with Gasteiger partial charge in [-0.3, -0.25) is 0 Å². The second-order valence-corrected chi connectivity index (χ2v) is 11.2. The maximum Gasteiger partial charge on any atom is 0.134 e. The zero-order valence-corrected chi connectivity index (χ0v) is 22.4. The molecule has 0 spiro atoms. The van der Waals surface area contributed by atoms with Crippen molar-refractivity contribution in [3.05, 3.63) is 89.4 Å². The lowest BCUT2D eigenvalue weighted by molar-refractivity contribution is 0.190. The summed E-state index contributed by atoms with van der Waals surface area (Å²) in [5, 5.41) is 2.31. The Kier molecular flexibility index (Phi) is 8.68. The molecule has 1 saturated carbocycles. The molecule has 1 unspecified atom stereocenters. The van der Waals surface area contributed by atoms with E-state index in [1.165, 1.54) is 19.3 Å². The normalized spacial score (nSPS) is 21.7. The van der Waals surface area contributed by atoms with Gasteiger partial charge in [0.25, 0.3) is 0 Å². The lowest BCUT2D eigenvalue weighted by Crippen LogP contribution is -2.41. The van der Waals surface area contributed by atoms with Gasteiger partial charge in [-0.1, -0.05) is 75.8 Å². The number of hydrogen-bond donors (Lipinski definition) is 1. The van der Waals surface area contributed by atoms with Crippen LogP contribution in [0.4, 0.5) is 10.1 Å². The Bertz CT molecular complexity index is 1100. The van der Waals surface area contributed by atoms with Crippen LogP contribution in [0.5, 0.6) is 0 Å². The standard InChI is InChI=1S/C32H42FN3/c1-6-25-13-16-30(17-14-25)34-36-20-27(19-26-11-12-26)8-7-9-29(21-35(5)22-36)31-28(18-23(2)3)15-10-24(4)32(31)33/h6-7,9-10,13-17,21,23,26-27,34H,1,8,11-12,18-20,22H2,2-5H3/b9-7-,29-21+. The number of nitrogens with one attached hydrogen (secondary N) is 1. The van der Waals surface area contributed by atoms with E-state index in [1.807, 2.05) is 19.1 Å². The highest BCUT2D eigenvalue weighted by atomic mass is 19.1. The first-order chi connectivity index (χ1) is 17.3. The number of rotatable bonds is 8. The molecular formula is C32H42FN3. The molecule has 36 heavy (non-hydrogen) atoms. The largest absolute Gasteiger partial charge is 0.365 e. The number of allylic oxidation sites excluding steroid dienone is 3. The van der Waals surface area contributed by atoms with Crippen LogP contribution in [0.25, 0.3) is 11.6 Å². The fraction of sp³-hybridized carbons (Fsp3) is 0.438. The average Bonchev–Trinajstić information content (AvgIpc) is 3.65. The highest BCUT2D eigenvalue weighted by Gasteiger charge is 2.27. The van der Waals surface area contributed by atoms with Crippen LogP contribution in [0, 0.1) is 30.5 Å². The Morgan fingerprint density at radius 2 is 1.86 bits per heavy atom. The topological polar surface area (TPSA) is 18.5 Å². The fourth-order valence-electron chi connectivity index (χ4n) is 5.17. The van der Waals surface area contributed by atoms with Gasteiger partial charge in [-0.25, -0.2) is 9.40 Å². The first-order valence-electron chi connectivity index (χ1n) is 13.4. The molecule has 1 aliphatic heterocycles. The Morgan fingerprint density at radius 3 is 2.53 bits per heavy atom. The van der Waals surface area contributed by atoms with E-state index in [0.29, 0.717) is 24.1 Å². The van der Waals surface area contributed by atoms with Crippen molar-refractivity contribution in [2.45, 2.75) is 52.9 Å². The van der Waals surface area contributed by atoms with Gasteiger partial charge in [-0.15, -0.1) is 0 Å². The average molecular weight is 488 g/mol. The number of nitrogens with zero attached hydrogens (tertiary/aromatic N) is 2. The molecule has 4 rings (SSSR count). The van der Waals surface area contributed by atoms with Crippen LogP contribution in [-0.4, -0.2) is 30.2 Å². The van der Waals surface area contributed by atoms with Crippen LogP contribution in [0.15, 0.2) is 61.3 Å². The summed E-state index contributed by atoms with van der Waals surface area (Å²) in [6.45, 7) is 11.8. The molecule has 0 amide bonds. The SMILES string of the molecule is C=Cc1ccc(NN2CC(CC3CC3)C/C=C\C(c3c(CC(C)C)ccc(C)c3F)=C/N(C)C2)cc1. The fourth-order valence-corrected chi connectivity index (χ4v) is 5.17. The summed E-state index contributed by atoms with van der Waals surface area (Å²) in [5.41, 5.74) is 9.32. The van der Waals surface area contributed by atoms with Crippen LogP contribution in [0.2, 0.25) is 0 Å². The van der Waals surface area contributed by atoms with Crippen molar-refractivity contribution in [1.82, 2.24) is 9.91 Å². The van der Waals surface area contributed by atoms with E-state index >= 15 is 4.39 Å². The summed E-state index contributed by atoms with van der Waals surface area (Å²) in [6, 6.07) is 12.4. The third-order valence-corrected chi connectivity index (χ3v) is 7.13. The second kappa shape index (κ2) is 11.9. The second-order valence-electron chi connectivity index (χ2n) is 11.2. The Morgan fingerprint density at radius 1 is 1.11 bits per heavy atom. The number of hydrogen-bond acceptors (Lipinski definition) is 3. The van der Waals surface area contributed by atoms with E-state index in [0.717, 1.165) is 53.3 Å². The molecule has 1 heterocycles. The Hall–Kier alpha value is -2.85. The molecule has 2 aromatic rings. The third-order valence-electron chi connectivity index (χ3n) is 7.13. The number of hydrazine groups is 1.